The van der Waals surface area contributed by atoms with Gasteiger partial charge in [-0.2, -0.15) is 0 Å². The lowest BCUT2D eigenvalue weighted by atomic mass is 9.82. The Labute approximate surface area is 176 Å². The fourth-order valence-electron chi connectivity index (χ4n) is 4.90. The Morgan fingerprint density at radius 2 is 1.87 bits per heavy atom. The van der Waals surface area contributed by atoms with E-state index in [1.54, 1.807) is 4.90 Å². The van der Waals surface area contributed by atoms with E-state index in [1.807, 2.05) is 18.2 Å². The Morgan fingerprint density at radius 3 is 2.63 bits per heavy atom. The van der Waals surface area contributed by atoms with Crippen LogP contribution in [0.5, 0.6) is 5.75 Å². The van der Waals surface area contributed by atoms with E-state index in [2.05, 4.69) is 11.1 Å². The van der Waals surface area contributed by atoms with Crippen LogP contribution in [0.15, 0.2) is 29.3 Å². The van der Waals surface area contributed by atoms with Crippen molar-refractivity contribution in [3.63, 3.8) is 0 Å². The van der Waals surface area contributed by atoms with E-state index < -0.39 is 0 Å². The molecule has 1 saturated carbocycles. The number of benzene rings is 1. The molecular weight excluding hydrogens is 384 g/mol. The third kappa shape index (κ3) is 3.88. The van der Waals surface area contributed by atoms with Crippen molar-refractivity contribution in [1.82, 2.24) is 4.90 Å². The number of carbonyl (C=O) groups excluding carboxylic acids is 2. The number of ether oxygens (including phenoxy) is 3. The summed E-state index contributed by atoms with van der Waals surface area (Å²) in [7, 11) is 0. The third-order valence-corrected chi connectivity index (χ3v) is 6.81. The van der Waals surface area contributed by atoms with E-state index in [-0.39, 0.29) is 36.5 Å². The lowest BCUT2D eigenvalue weighted by Gasteiger charge is -2.31. The molecule has 0 spiro atoms. The second kappa shape index (κ2) is 8.47. The van der Waals surface area contributed by atoms with Crippen molar-refractivity contribution in [2.75, 3.05) is 33.0 Å². The molecule has 0 N–H and O–H groups in total. The first-order valence-corrected chi connectivity index (χ1v) is 11.0. The average Bonchev–Trinajstić information content (AvgIpc) is 3.12. The number of nitrogens with zero attached hydrogens (tertiary/aromatic N) is 2. The number of aliphatic imine (C=N–C) groups is 1. The molecule has 5 aliphatic rings. The van der Waals surface area contributed by atoms with Crippen molar-refractivity contribution in [3.05, 3.63) is 29.8 Å². The zero-order chi connectivity index (χ0) is 20.5. The van der Waals surface area contributed by atoms with Crippen molar-refractivity contribution in [2.45, 2.75) is 50.2 Å². The van der Waals surface area contributed by atoms with Gasteiger partial charge >= 0.3 is 0 Å². The van der Waals surface area contributed by atoms with Crippen LogP contribution < -0.4 is 4.74 Å². The maximum atomic E-state index is 13.0. The normalized spacial score (nSPS) is 31.1. The zero-order valence-electron chi connectivity index (χ0n) is 17.1. The topological polar surface area (TPSA) is 77.4 Å². The summed E-state index contributed by atoms with van der Waals surface area (Å²) < 4.78 is 17.4. The highest BCUT2D eigenvalue weighted by Gasteiger charge is 2.37. The van der Waals surface area contributed by atoms with Gasteiger partial charge in [-0.25, -0.2) is 4.99 Å². The molecule has 4 heterocycles. The molecule has 1 atom stereocenters. The minimum atomic E-state index is -0.292. The Balaban J connectivity index is 1.39. The average molecular weight is 412 g/mol. The molecule has 0 unspecified atom stereocenters. The SMILES string of the molecule is O=C(N=C1CCN2C(=O)COc3ccccc3C3CCC(CC3)OC[C@@H]12)C1COC1. The van der Waals surface area contributed by atoms with Crippen molar-refractivity contribution in [1.29, 1.82) is 0 Å². The Hall–Kier alpha value is -2.25. The number of hydrogen-bond acceptors (Lipinski definition) is 5. The molecule has 2 saturated heterocycles. The smallest absolute Gasteiger partial charge is 0.261 e. The van der Waals surface area contributed by atoms with Crippen LogP contribution in [0.4, 0.5) is 0 Å². The summed E-state index contributed by atoms with van der Waals surface area (Å²) in [6.07, 6.45) is 4.87. The van der Waals surface area contributed by atoms with Crippen LogP contribution in [0, 0.1) is 5.92 Å². The van der Waals surface area contributed by atoms with Crippen molar-refractivity contribution in [3.8, 4) is 5.75 Å². The van der Waals surface area contributed by atoms with Gasteiger partial charge in [-0.1, -0.05) is 18.2 Å². The molecule has 3 fully saturated rings. The van der Waals surface area contributed by atoms with E-state index in [0.717, 1.165) is 37.1 Å². The fourth-order valence-corrected chi connectivity index (χ4v) is 4.90. The van der Waals surface area contributed by atoms with Crippen LogP contribution in [0.1, 0.15) is 43.6 Å². The second-order valence-corrected chi connectivity index (χ2v) is 8.66. The van der Waals surface area contributed by atoms with Crippen LogP contribution in [0.25, 0.3) is 0 Å². The van der Waals surface area contributed by atoms with Gasteiger partial charge in [0.05, 0.1) is 37.9 Å². The molecule has 30 heavy (non-hydrogen) atoms. The largest absolute Gasteiger partial charge is 0.483 e. The Morgan fingerprint density at radius 1 is 1.07 bits per heavy atom. The van der Waals surface area contributed by atoms with Gasteiger partial charge in [0.25, 0.3) is 11.8 Å². The standard InChI is InChI=1S/C23H28N2O5/c26-22-14-30-21-4-2-1-3-18(21)15-5-7-17(8-6-15)29-13-20-19(9-10-25(20)22)24-23(27)16-11-28-12-16/h1-4,15-17,20H,5-14H2/t15?,17?,20-/m0/s1. The molecule has 0 aromatic heterocycles. The maximum Gasteiger partial charge on any atom is 0.261 e. The van der Waals surface area contributed by atoms with Crippen LogP contribution in [-0.4, -0.2) is 67.5 Å². The van der Waals surface area contributed by atoms with Gasteiger partial charge in [0.2, 0.25) is 0 Å². The summed E-state index contributed by atoms with van der Waals surface area (Å²) in [5, 5.41) is 0. The maximum absolute atomic E-state index is 13.0. The first kappa shape index (κ1) is 19.7. The highest BCUT2D eigenvalue weighted by Crippen LogP contribution is 2.38. The number of para-hydroxylation sites is 1. The zero-order valence-corrected chi connectivity index (χ0v) is 17.1. The molecule has 4 aliphatic heterocycles. The van der Waals surface area contributed by atoms with Gasteiger partial charge in [-0.3, -0.25) is 9.59 Å². The van der Waals surface area contributed by atoms with Gasteiger partial charge in [0.15, 0.2) is 6.61 Å². The van der Waals surface area contributed by atoms with Crippen molar-refractivity contribution < 1.29 is 23.8 Å². The number of hydrogen-bond donors (Lipinski definition) is 0. The van der Waals surface area contributed by atoms with Gasteiger partial charge in [-0.05, 0) is 43.2 Å². The van der Waals surface area contributed by atoms with E-state index in [1.165, 1.54) is 5.56 Å². The highest BCUT2D eigenvalue weighted by atomic mass is 16.5. The minimum Gasteiger partial charge on any atom is -0.483 e. The molecule has 2 amide bonds. The van der Waals surface area contributed by atoms with Gasteiger partial charge < -0.3 is 19.1 Å². The molecule has 1 aromatic carbocycles. The van der Waals surface area contributed by atoms with Crippen LogP contribution in [-0.2, 0) is 19.1 Å². The molecule has 1 aliphatic carbocycles. The van der Waals surface area contributed by atoms with Crippen molar-refractivity contribution in [2.24, 2.45) is 10.9 Å². The number of carbonyl (C=O) groups is 2. The number of fused-ring (bicyclic) bond motifs is 5. The highest BCUT2D eigenvalue weighted by molar-refractivity contribution is 6.03. The summed E-state index contributed by atoms with van der Waals surface area (Å²) in [5.74, 6) is 0.872. The lowest BCUT2D eigenvalue weighted by Crippen LogP contribution is -2.44. The van der Waals surface area contributed by atoms with E-state index in [4.69, 9.17) is 14.2 Å². The predicted octanol–water partition coefficient (Wildman–Crippen LogP) is 2.34. The first-order valence-electron chi connectivity index (χ1n) is 11.0. The molecular formula is C23H28N2O5. The summed E-state index contributed by atoms with van der Waals surface area (Å²) in [5.41, 5.74) is 1.95. The Bertz CT molecular complexity index is 842. The van der Waals surface area contributed by atoms with Crippen LogP contribution in [0.3, 0.4) is 0 Å². The van der Waals surface area contributed by atoms with Gasteiger partial charge in [0, 0.05) is 18.7 Å². The molecule has 2 bridgehead atoms. The third-order valence-electron chi connectivity index (χ3n) is 6.81. The first-order chi connectivity index (χ1) is 14.7. The van der Waals surface area contributed by atoms with Crippen LogP contribution >= 0.6 is 0 Å². The lowest BCUT2D eigenvalue weighted by molar-refractivity contribution is -0.136. The minimum absolute atomic E-state index is 0.0125. The summed E-state index contributed by atoms with van der Waals surface area (Å²) in [6, 6.07) is 7.77. The van der Waals surface area contributed by atoms with Gasteiger partial charge in [-0.15, -0.1) is 0 Å². The quantitative estimate of drug-likeness (QED) is 0.708. The fraction of sp³-hybridized carbons (Fsp3) is 0.609. The number of rotatable bonds is 1. The number of amides is 2. The Kier molecular flexibility index (Phi) is 5.56. The molecule has 7 heteroatoms. The molecule has 0 radical (unpaired) electrons. The monoisotopic (exact) mass is 412 g/mol. The molecule has 7 nitrogen and oxygen atoms in total. The van der Waals surface area contributed by atoms with Crippen molar-refractivity contribution >= 4 is 17.5 Å². The van der Waals surface area contributed by atoms with E-state index >= 15 is 0 Å². The molecule has 160 valence electrons. The van der Waals surface area contributed by atoms with E-state index in [0.29, 0.717) is 38.7 Å². The molecule has 6 rings (SSSR count). The predicted molar refractivity (Wildman–Crippen MR) is 110 cm³/mol. The second-order valence-electron chi connectivity index (χ2n) is 8.66. The van der Waals surface area contributed by atoms with Crippen LogP contribution in [0.2, 0.25) is 0 Å². The van der Waals surface area contributed by atoms with E-state index in [9.17, 15) is 9.59 Å². The summed E-state index contributed by atoms with van der Waals surface area (Å²) >= 11 is 0. The summed E-state index contributed by atoms with van der Waals surface area (Å²) in [6.45, 7) is 1.80. The molecule has 1 aromatic rings. The van der Waals surface area contributed by atoms with Gasteiger partial charge in [0.1, 0.15) is 5.75 Å². The summed E-state index contributed by atoms with van der Waals surface area (Å²) in [4.78, 5) is 31.5.